The molecule has 1 rings (SSSR count). The van der Waals surface area contributed by atoms with Crippen LogP contribution >= 0.6 is 11.6 Å². The molecule has 13 heavy (non-hydrogen) atoms. The normalized spacial score (nSPS) is 10.1. The predicted octanol–water partition coefficient (Wildman–Crippen LogP) is 2.43. The lowest BCUT2D eigenvalue weighted by molar-refractivity contribution is 0.408. The van der Waals surface area contributed by atoms with Crippen molar-refractivity contribution in [1.82, 2.24) is 4.98 Å². The molecule has 1 heterocycles. The van der Waals surface area contributed by atoms with Crippen LogP contribution in [0, 0.1) is 0 Å². The van der Waals surface area contributed by atoms with Crippen molar-refractivity contribution in [1.29, 1.82) is 0 Å². The van der Waals surface area contributed by atoms with Gasteiger partial charge >= 0.3 is 0 Å². The van der Waals surface area contributed by atoms with Crippen molar-refractivity contribution in [3.8, 4) is 5.75 Å². The summed E-state index contributed by atoms with van der Waals surface area (Å²) in [5.41, 5.74) is 2.23. The number of methoxy groups -OCH3 is 1. The van der Waals surface area contributed by atoms with Crippen LogP contribution in [0.2, 0.25) is 0 Å². The van der Waals surface area contributed by atoms with Crippen LogP contribution in [0.15, 0.2) is 12.3 Å². The minimum absolute atomic E-state index is 0.614. The number of hydrogen-bond donors (Lipinski definition) is 0. The molecule has 0 aliphatic heterocycles. The van der Waals surface area contributed by atoms with E-state index < -0.39 is 0 Å². The molecule has 0 atom stereocenters. The SMILES string of the molecule is CCc1cc(CCCl)ncc1OC. The third-order valence-electron chi connectivity index (χ3n) is 1.96. The van der Waals surface area contributed by atoms with E-state index in [4.69, 9.17) is 16.3 Å². The van der Waals surface area contributed by atoms with E-state index in [1.165, 1.54) is 5.56 Å². The summed E-state index contributed by atoms with van der Waals surface area (Å²) in [7, 11) is 1.66. The molecule has 0 spiro atoms. The maximum atomic E-state index is 5.63. The highest BCUT2D eigenvalue weighted by Gasteiger charge is 2.02. The predicted molar refractivity (Wildman–Crippen MR) is 54.6 cm³/mol. The highest BCUT2D eigenvalue weighted by molar-refractivity contribution is 6.17. The second-order valence-corrected chi connectivity index (χ2v) is 3.16. The molecule has 0 saturated heterocycles. The zero-order chi connectivity index (χ0) is 9.68. The fourth-order valence-corrected chi connectivity index (χ4v) is 1.42. The van der Waals surface area contributed by atoms with Crippen LogP contribution in [0.3, 0.4) is 0 Å². The number of halogens is 1. The van der Waals surface area contributed by atoms with Gasteiger partial charge in [-0.25, -0.2) is 0 Å². The summed E-state index contributed by atoms with van der Waals surface area (Å²) < 4.78 is 5.17. The molecule has 2 nitrogen and oxygen atoms in total. The van der Waals surface area contributed by atoms with Gasteiger partial charge in [0, 0.05) is 18.0 Å². The third-order valence-corrected chi connectivity index (χ3v) is 2.15. The maximum absolute atomic E-state index is 5.63. The topological polar surface area (TPSA) is 22.1 Å². The Bertz CT molecular complexity index is 276. The van der Waals surface area contributed by atoms with Gasteiger partial charge in [0.1, 0.15) is 5.75 Å². The Kier molecular flexibility index (Phi) is 4.03. The number of rotatable bonds is 4. The molecule has 0 amide bonds. The number of pyridine rings is 1. The first-order chi connectivity index (χ1) is 6.31. The first kappa shape index (κ1) is 10.3. The van der Waals surface area contributed by atoms with E-state index in [1.807, 2.05) is 0 Å². The van der Waals surface area contributed by atoms with Gasteiger partial charge in [-0.2, -0.15) is 0 Å². The molecule has 0 aromatic carbocycles. The third kappa shape index (κ3) is 2.59. The largest absolute Gasteiger partial charge is 0.495 e. The fraction of sp³-hybridized carbons (Fsp3) is 0.500. The molecule has 1 aromatic heterocycles. The monoisotopic (exact) mass is 199 g/mol. The fourth-order valence-electron chi connectivity index (χ4n) is 1.23. The molecule has 0 saturated carbocycles. The maximum Gasteiger partial charge on any atom is 0.140 e. The molecule has 1 aromatic rings. The van der Waals surface area contributed by atoms with E-state index in [0.29, 0.717) is 5.88 Å². The Balaban J connectivity index is 2.91. The van der Waals surface area contributed by atoms with Crippen molar-refractivity contribution >= 4 is 11.6 Å². The summed E-state index contributed by atoms with van der Waals surface area (Å²) in [5, 5.41) is 0. The van der Waals surface area contributed by atoms with Gasteiger partial charge in [-0.05, 0) is 18.1 Å². The minimum atomic E-state index is 0.614. The van der Waals surface area contributed by atoms with Crippen molar-refractivity contribution in [2.24, 2.45) is 0 Å². The molecule has 0 radical (unpaired) electrons. The van der Waals surface area contributed by atoms with Crippen LogP contribution < -0.4 is 4.74 Å². The van der Waals surface area contributed by atoms with E-state index >= 15 is 0 Å². The van der Waals surface area contributed by atoms with Gasteiger partial charge in [0.25, 0.3) is 0 Å². The van der Waals surface area contributed by atoms with Gasteiger partial charge in [0.05, 0.1) is 13.3 Å². The van der Waals surface area contributed by atoms with Crippen LogP contribution in [0.4, 0.5) is 0 Å². The molecule has 0 aliphatic carbocycles. The molecule has 0 bridgehead atoms. The number of ether oxygens (including phenoxy) is 1. The van der Waals surface area contributed by atoms with E-state index in [1.54, 1.807) is 13.3 Å². The Hall–Kier alpha value is -0.760. The lowest BCUT2D eigenvalue weighted by Crippen LogP contribution is -1.97. The highest BCUT2D eigenvalue weighted by Crippen LogP contribution is 2.18. The molecule has 0 fully saturated rings. The average molecular weight is 200 g/mol. The molecule has 72 valence electrons. The van der Waals surface area contributed by atoms with E-state index in [-0.39, 0.29) is 0 Å². The van der Waals surface area contributed by atoms with E-state index in [0.717, 1.165) is 24.3 Å². The van der Waals surface area contributed by atoms with Gasteiger partial charge in [-0.3, -0.25) is 4.98 Å². The minimum Gasteiger partial charge on any atom is -0.495 e. The molecule has 0 aliphatic rings. The summed E-state index contributed by atoms with van der Waals surface area (Å²) >= 11 is 5.63. The van der Waals surface area contributed by atoms with Crippen LogP contribution in [-0.2, 0) is 12.8 Å². The quantitative estimate of drug-likeness (QED) is 0.695. The summed E-state index contributed by atoms with van der Waals surface area (Å²) in [6, 6.07) is 2.06. The van der Waals surface area contributed by atoms with Gasteiger partial charge in [0.2, 0.25) is 0 Å². The van der Waals surface area contributed by atoms with Gasteiger partial charge < -0.3 is 4.74 Å². The Morgan fingerprint density at radius 3 is 2.85 bits per heavy atom. The van der Waals surface area contributed by atoms with Gasteiger partial charge in [-0.1, -0.05) is 6.92 Å². The molecule has 3 heteroatoms. The molecule has 0 unspecified atom stereocenters. The van der Waals surface area contributed by atoms with Crippen LogP contribution in [0.1, 0.15) is 18.2 Å². The number of aromatic nitrogens is 1. The van der Waals surface area contributed by atoms with Crippen molar-refractivity contribution in [2.75, 3.05) is 13.0 Å². The Morgan fingerprint density at radius 2 is 2.31 bits per heavy atom. The van der Waals surface area contributed by atoms with Gasteiger partial charge in [-0.15, -0.1) is 11.6 Å². The zero-order valence-corrected chi connectivity index (χ0v) is 8.77. The van der Waals surface area contributed by atoms with E-state index in [9.17, 15) is 0 Å². The lowest BCUT2D eigenvalue weighted by atomic mass is 10.1. The number of hydrogen-bond acceptors (Lipinski definition) is 2. The second kappa shape index (κ2) is 5.07. The average Bonchev–Trinajstić information content (AvgIpc) is 2.18. The van der Waals surface area contributed by atoms with Crippen LogP contribution in [-0.4, -0.2) is 18.0 Å². The highest BCUT2D eigenvalue weighted by atomic mass is 35.5. The smallest absolute Gasteiger partial charge is 0.140 e. The number of aryl methyl sites for hydroxylation is 2. The Morgan fingerprint density at radius 1 is 1.54 bits per heavy atom. The first-order valence-corrected chi connectivity index (χ1v) is 4.93. The molecular weight excluding hydrogens is 186 g/mol. The van der Waals surface area contributed by atoms with Crippen LogP contribution in [0.25, 0.3) is 0 Å². The van der Waals surface area contributed by atoms with Crippen molar-refractivity contribution in [3.63, 3.8) is 0 Å². The van der Waals surface area contributed by atoms with Crippen LogP contribution in [0.5, 0.6) is 5.75 Å². The summed E-state index contributed by atoms with van der Waals surface area (Å²) in [5.74, 6) is 1.48. The lowest BCUT2D eigenvalue weighted by Gasteiger charge is -2.07. The van der Waals surface area contributed by atoms with Gasteiger partial charge in [0.15, 0.2) is 0 Å². The zero-order valence-electron chi connectivity index (χ0n) is 8.01. The second-order valence-electron chi connectivity index (χ2n) is 2.78. The Labute approximate surface area is 83.9 Å². The number of alkyl halides is 1. The molecule has 0 N–H and O–H groups in total. The van der Waals surface area contributed by atoms with Crippen molar-refractivity contribution < 1.29 is 4.74 Å². The summed E-state index contributed by atoms with van der Waals surface area (Å²) in [6.07, 6.45) is 3.54. The number of nitrogens with zero attached hydrogens (tertiary/aromatic N) is 1. The van der Waals surface area contributed by atoms with Crippen molar-refractivity contribution in [3.05, 3.63) is 23.5 Å². The first-order valence-electron chi connectivity index (χ1n) is 4.39. The summed E-state index contributed by atoms with van der Waals surface area (Å²) in [6.45, 7) is 2.10. The molecular formula is C10H14ClNO. The van der Waals surface area contributed by atoms with Crippen molar-refractivity contribution in [2.45, 2.75) is 19.8 Å². The standard InChI is InChI=1S/C10H14ClNO/c1-3-8-6-9(4-5-11)12-7-10(8)13-2/h6-7H,3-5H2,1-2H3. The summed E-state index contributed by atoms with van der Waals surface area (Å²) in [4.78, 5) is 4.24. The van der Waals surface area contributed by atoms with E-state index in [2.05, 4.69) is 18.0 Å².